The van der Waals surface area contributed by atoms with Gasteiger partial charge in [0.15, 0.2) is 0 Å². The molecule has 2 N–H and O–H groups in total. The monoisotopic (exact) mass is 242 g/mol. The van der Waals surface area contributed by atoms with Crippen LogP contribution in [0, 0.1) is 11.6 Å². The highest BCUT2D eigenvalue weighted by Crippen LogP contribution is 2.17. The number of nitrogens with two attached hydrogens (primary N) is 1. The van der Waals surface area contributed by atoms with Gasteiger partial charge in [-0.15, -0.1) is 0 Å². The van der Waals surface area contributed by atoms with Crippen LogP contribution in [0.4, 0.5) is 8.78 Å². The average molecular weight is 242 g/mol. The smallest absolute Gasteiger partial charge is 0.130 e. The standard InChI is InChI=1S/C12H16F2N2O/c13-11-2-1-3-12(14)10(11)7-16-4-5-17-8-9(16)6-15/h1-3,9H,4-8,15H2. The highest BCUT2D eigenvalue weighted by molar-refractivity contribution is 5.19. The van der Waals surface area contributed by atoms with Gasteiger partial charge in [-0.25, -0.2) is 8.78 Å². The third kappa shape index (κ3) is 2.80. The first-order chi connectivity index (χ1) is 8.22. The van der Waals surface area contributed by atoms with Crippen LogP contribution in [0.5, 0.6) is 0 Å². The zero-order valence-corrected chi connectivity index (χ0v) is 9.53. The van der Waals surface area contributed by atoms with Crippen LogP contribution in [-0.4, -0.2) is 37.2 Å². The summed E-state index contributed by atoms with van der Waals surface area (Å²) >= 11 is 0. The summed E-state index contributed by atoms with van der Waals surface area (Å²) in [6, 6.07) is 3.95. The molecule has 0 spiro atoms. The summed E-state index contributed by atoms with van der Waals surface area (Å²) in [5.41, 5.74) is 5.72. The summed E-state index contributed by atoms with van der Waals surface area (Å²) in [6.07, 6.45) is 0. The van der Waals surface area contributed by atoms with Gasteiger partial charge in [-0.05, 0) is 12.1 Å². The van der Waals surface area contributed by atoms with Gasteiger partial charge in [0.05, 0.1) is 13.2 Å². The number of hydrogen-bond donors (Lipinski definition) is 1. The Kier molecular flexibility index (Phi) is 4.04. The van der Waals surface area contributed by atoms with Crippen molar-refractivity contribution in [3.8, 4) is 0 Å². The zero-order valence-electron chi connectivity index (χ0n) is 9.53. The van der Waals surface area contributed by atoms with Crippen LogP contribution in [-0.2, 0) is 11.3 Å². The SMILES string of the molecule is NCC1COCCN1Cc1c(F)cccc1F. The van der Waals surface area contributed by atoms with Crippen LogP contribution in [0.1, 0.15) is 5.56 Å². The molecule has 1 heterocycles. The number of halogens is 2. The maximum atomic E-state index is 13.5. The molecule has 3 nitrogen and oxygen atoms in total. The molecular weight excluding hydrogens is 226 g/mol. The number of nitrogens with zero attached hydrogens (tertiary/aromatic N) is 1. The van der Waals surface area contributed by atoms with Gasteiger partial charge in [0, 0.05) is 31.2 Å². The van der Waals surface area contributed by atoms with E-state index < -0.39 is 11.6 Å². The van der Waals surface area contributed by atoms with E-state index in [9.17, 15) is 8.78 Å². The van der Waals surface area contributed by atoms with Crippen LogP contribution < -0.4 is 5.73 Å². The van der Waals surface area contributed by atoms with Crippen LogP contribution in [0.25, 0.3) is 0 Å². The lowest BCUT2D eigenvalue weighted by Gasteiger charge is -2.34. The molecule has 1 aromatic rings. The maximum absolute atomic E-state index is 13.5. The Morgan fingerprint density at radius 3 is 2.71 bits per heavy atom. The van der Waals surface area contributed by atoms with Crippen molar-refractivity contribution in [3.63, 3.8) is 0 Å². The minimum atomic E-state index is -0.507. The molecule has 1 aliphatic heterocycles. The van der Waals surface area contributed by atoms with Crippen molar-refractivity contribution in [2.75, 3.05) is 26.3 Å². The molecule has 17 heavy (non-hydrogen) atoms. The summed E-state index contributed by atoms with van der Waals surface area (Å²) in [5.74, 6) is -1.01. The van der Waals surface area contributed by atoms with Gasteiger partial charge in [0.1, 0.15) is 11.6 Å². The molecule has 0 aromatic heterocycles. The second-order valence-electron chi connectivity index (χ2n) is 4.14. The maximum Gasteiger partial charge on any atom is 0.130 e. The van der Waals surface area contributed by atoms with Crippen molar-refractivity contribution in [3.05, 3.63) is 35.4 Å². The first-order valence-electron chi connectivity index (χ1n) is 5.67. The molecule has 0 aliphatic carbocycles. The van der Waals surface area contributed by atoms with E-state index in [1.165, 1.54) is 18.2 Å². The highest BCUT2D eigenvalue weighted by Gasteiger charge is 2.23. The van der Waals surface area contributed by atoms with E-state index in [1.807, 2.05) is 4.90 Å². The summed E-state index contributed by atoms with van der Waals surface area (Å²) in [7, 11) is 0. The Morgan fingerprint density at radius 2 is 2.06 bits per heavy atom. The number of morpholine rings is 1. The summed E-state index contributed by atoms with van der Waals surface area (Å²) in [6.45, 7) is 2.41. The van der Waals surface area contributed by atoms with E-state index in [0.29, 0.717) is 26.3 Å². The lowest BCUT2D eigenvalue weighted by molar-refractivity contribution is -0.00881. The van der Waals surface area contributed by atoms with Crippen LogP contribution in [0.15, 0.2) is 18.2 Å². The van der Waals surface area contributed by atoms with E-state index in [4.69, 9.17) is 10.5 Å². The van der Waals surface area contributed by atoms with E-state index in [2.05, 4.69) is 0 Å². The molecule has 1 fully saturated rings. The average Bonchev–Trinajstić information content (AvgIpc) is 2.34. The van der Waals surface area contributed by atoms with E-state index >= 15 is 0 Å². The zero-order chi connectivity index (χ0) is 12.3. The molecular formula is C12H16F2N2O. The molecule has 1 unspecified atom stereocenters. The minimum Gasteiger partial charge on any atom is -0.378 e. The minimum absolute atomic E-state index is 0.0303. The fourth-order valence-electron chi connectivity index (χ4n) is 2.00. The molecule has 94 valence electrons. The largest absolute Gasteiger partial charge is 0.378 e. The van der Waals surface area contributed by atoms with Gasteiger partial charge in [0.25, 0.3) is 0 Å². The van der Waals surface area contributed by atoms with Crippen LogP contribution in [0.2, 0.25) is 0 Å². The number of benzene rings is 1. The third-order valence-corrected chi connectivity index (χ3v) is 3.04. The van der Waals surface area contributed by atoms with Gasteiger partial charge in [0.2, 0.25) is 0 Å². The van der Waals surface area contributed by atoms with Crippen molar-refractivity contribution >= 4 is 0 Å². The molecule has 2 rings (SSSR count). The van der Waals surface area contributed by atoms with Gasteiger partial charge in [-0.1, -0.05) is 6.07 Å². The summed E-state index contributed by atoms with van der Waals surface area (Å²) in [4.78, 5) is 1.96. The number of ether oxygens (including phenoxy) is 1. The second kappa shape index (κ2) is 5.53. The van der Waals surface area contributed by atoms with Gasteiger partial charge >= 0.3 is 0 Å². The van der Waals surface area contributed by atoms with Crippen molar-refractivity contribution in [1.29, 1.82) is 0 Å². The van der Waals surface area contributed by atoms with Crippen LogP contribution >= 0.6 is 0 Å². The third-order valence-electron chi connectivity index (χ3n) is 3.04. The fourth-order valence-corrected chi connectivity index (χ4v) is 2.00. The molecule has 1 aliphatic rings. The lowest BCUT2D eigenvalue weighted by atomic mass is 10.1. The predicted molar refractivity (Wildman–Crippen MR) is 60.4 cm³/mol. The molecule has 0 radical (unpaired) electrons. The van der Waals surface area contributed by atoms with E-state index in [1.54, 1.807) is 0 Å². The predicted octanol–water partition coefficient (Wildman–Crippen LogP) is 1.12. The number of rotatable bonds is 3. The van der Waals surface area contributed by atoms with Gasteiger partial charge in [-0.3, -0.25) is 4.90 Å². The first kappa shape index (κ1) is 12.4. The quantitative estimate of drug-likeness (QED) is 0.863. The molecule has 0 bridgehead atoms. The van der Waals surface area contributed by atoms with Crippen LogP contribution in [0.3, 0.4) is 0 Å². The Morgan fingerprint density at radius 1 is 1.35 bits per heavy atom. The first-order valence-corrected chi connectivity index (χ1v) is 5.67. The van der Waals surface area contributed by atoms with E-state index in [-0.39, 0.29) is 18.2 Å². The molecule has 5 heteroatoms. The second-order valence-corrected chi connectivity index (χ2v) is 4.14. The Hall–Kier alpha value is -1.04. The molecule has 1 atom stereocenters. The Bertz CT molecular complexity index is 367. The molecule has 0 saturated carbocycles. The topological polar surface area (TPSA) is 38.5 Å². The highest BCUT2D eigenvalue weighted by atomic mass is 19.1. The van der Waals surface area contributed by atoms with Crippen molar-refractivity contribution in [2.45, 2.75) is 12.6 Å². The van der Waals surface area contributed by atoms with Crippen molar-refractivity contribution < 1.29 is 13.5 Å². The number of hydrogen-bond acceptors (Lipinski definition) is 3. The van der Waals surface area contributed by atoms with Crippen molar-refractivity contribution in [1.82, 2.24) is 4.90 Å². The van der Waals surface area contributed by atoms with Gasteiger partial charge < -0.3 is 10.5 Å². The summed E-state index contributed by atoms with van der Waals surface area (Å²) < 4.78 is 32.3. The molecule has 1 saturated heterocycles. The fraction of sp³-hybridized carbons (Fsp3) is 0.500. The normalized spacial score (nSPS) is 21.7. The molecule has 1 aromatic carbocycles. The summed E-state index contributed by atoms with van der Waals surface area (Å²) in [5, 5.41) is 0. The molecule has 0 amide bonds. The lowest BCUT2D eigenvalue weighted by Crippen LogP contribution is -2.48. The van der Waals surface area contributed by atoms with Crippen molar-refractivity contribution in [2.24, 2.45) is 5.73 Å². The van der Waals surface area contributed by atoms with E-state index in [0.717, 1.165) is 0 Å². The Balaban J connectivity index is 2.13. The van der Waals surface area contributed by atoms with Gasteiger partial charge in [-0.2, -0.15) is 0 Å². The Labute approximate surface area is 99.2 Å².